The monoisotopic (exact) mass is 274 g/mol. The Labute approximate surface area is 122 Å². The topological polar surface area (TPSA) is 41.1 Å². The van der Waals surface area contributed by atoms with E-state index >= 15 is 0 Å². The van der Waals surface area contributed by atoms with Gasteiger partial charge in [0, 0.05) is 12.1 Å². The van der Waals surface area contributed by atoms with Crippen LogP contribution in [0.4, 0.5) is 0 Å². The molecule has 3 nitrogen and oxygen atoms in total. The zero-order chi connectivity index (χ0) is 14.5. The summed E-state index contributed by atoms with van der Waals surface area (Å²) in [5.74, 6) is 0.839. The van der Waals surface area contributed by atoms with Gasteiger partial charge in [-0.25, -0.2) is 0 Å². The maximum atomic E-state index is 12.3. The summed E-state index contributed by atoms with van der Waals surface area (Å²) in [4.78, 5) is 12.3. The Morgan fingerprint density at radius 1 is 1.20 bits per heavy atom. The second kappa shape index (κ2) is 6.89. The Morgan fingerprint density at radius 3 is 2.40 bits per heavy atom. The van der Waals surface area contributed by atoms with Crippen LogP contribution in [0.15, 0.2) is 12.1 Å². The second-order valence-electron chi connectivity index (χ2n) is 6.01. The molecule has 1 aromatic carbocycles. The highest BCUT2D eigenvalue weighted by Gasteiger charge is 2.15. The zero-order valence-corrected chi connectivity index (χ0v) is 12.9. The van der Waals surface area contributed by atoms with Crippen LogP contribution in [0.1, 0.15) is 46.3 Å². The van der Waals surface area contributed by atoms with E-state index in [1.54, 1.807) is 0 Å². The van der Waals surface area contributed by atoms with E-state index in [1.807, 2.05) is 13.8 Å². The van der Waals surface area contributed by atoms with E-state index < -0.39 is 0 Å². The molecule has 0 atom stereocenters. The van der Waals surface area contributed by atoms with Gasteiger partial charge in [0.25, 0.3) is 5.91 Å². The average Bonchev–Trinajstić information content (AvgIpc) is 2.38. The number of aryl methyl sites for hydroxylation is 3. The van der Waals surface area contributed by atoms with E-state index in [0.717, 1.165) is 48.7 Å². The molecule has 0 unspecified atom stereocenters. The quantitative estimate of drug-likeness (QED) is 0.886. The Kier molecular flexibility index (Phi) is 5.18. The minimum Gasteiger partial charge on any atom is -0.352 e. The maximum Gasteiger partial charge on any atom is 0.251 e. The van der Waals surface area contributed by atoms with Crippen LogP contribution in [0.25, 0.3) is 0 Å². The zero-order valence-electron chi connectivity index (χ0n) is 12.9. The number of carbonyl (C=O) groups excluding carboxylic acids is 1. The third-order valence-corrected chi connectivity index (χ3v) is 4.20. The van der Waals surface area contributed by atoms with Crippen molar-refractivity contribution in [3.8, 4) is 0 Å². The first-order valence-corrected chi connectivity index (χ1v) is 7.64. The highest BCUT2D eigenvalue weighted by atomic mass is 16.1. The molecule has 2 rings (SSSR count). The van der Waals surface area contributed by atoms with Crippen molar-refractivity contribution in [1.29, 1.82) is 0 Å². The van der Waals surface area contributed by atoms with Crippen molar-refractivity contribution in [2.24, 2.45) is 5.92 Å². The fraction of sp³-hybridized carbons (Fsp3) is 0.588. The van der Waals surface area contributed by atoms with Gasteiger partial charge in [-0.2, -0.15) is 0 Å². The van der Waals surface area contributed by atoms with E-state index in [1.165, 1.54) is 18.4 Å². The number of nitrogens with one attached hydrogen (secondary N) is 2. The predicted octanol–water partition coefficient (Wildman–Crippen LogP) is 2.73. The molecule has 110 valence electrons. The Morgan fingerprint density at radius 2 is 1.80 bits per heavy atom. The van der Waals surface area contributed by atoms with Gasteiger partial charge in [0.1, 0.15) is 0 Å². The maximum absolute atomic E-state index is 12.3. The number of benzene rings is 1. The summed E-state index contributed by atoms with van der Waals surface area (Å²) in [7, 11) is 0. The highest BCUT2D eigenvalue weighted by molar-refractivity contribution is 5.97. The third-order valence-electron chi connectivity index (χ3n) is 4.20. The number of hydrogen-bond acceptors (Lipinski definition) is 2. The van der Waals surface area contributed by atoms with Crippen LogP contribution in [-0.4, -0.2) is 25.5 Å². The lowest BCUT2D eigenvalue weighted by atomic mass is 9.94. The second-order valence-corrected chi connectivity index (χ2v) is 6.01. The Bertz CT molecular complexity index is 453. The van der Waals surface area contributed by atoms with Gasteiger partial charge >= 0.3 is 0 Å². The van der Waals surface area contributed by atoms with Gasteiger partial charge in [-0.15, -0.1) is 0 Å². The molecule has 0 saturated carbocycles. The number of piperidine rings is 1. The van der Waals surface area contributed by atoms with Gasteiger partial charge in [0.2, 0.25) is 0 Å². The molecule has 0 aromatic heterocycles. The lowest BCUT2D eigenvalue weighted by molar-refractivity contribution is 0.0949. The van der Waals surface area contributed by atoms with Crippen LogP contribution >= 0.6 is 0 Å². The van der Waals surface area contributed by atoms with Crippen LogP contribution in [0, 0.1) is 26.7 Å². The van der Waals surface area contributed by atoms with E-state index in [4.69, 9.17) is 0 Å². The fourth-order valence-electron chi connectivity index (χ4n) is 3.19. The SMILES string of the molecule is Cc1cc(C)c(C(=O)NCCC2CCNCC2)c(C)c1. The molecule has 3 heteroatoms. The van der Waals surface area contributed by atoms with Gasteiger partial charge in [-0.3, -0.25) is 4.79 Å². The molecule has 1 aromatic rings. The molecule has 1 fully saturated rings. The van der Waals surface area contributed by atoms with Crippen LogP contribution in [-0.2, 0) is 0 Å². The summed E-state index contributed by atoms with van der Waals surface area (Å²) >= 11 is 0. The Hall–Kier alpha value is -1.35. The largest absolute Gasteiger partial charge is 0.352 e. The van der Waals surface area contributed by atoms with E-state index in [-0.39, 0.29) is 5.91 Å². The molecule has 0 radical (unpaired) electrons. The van der Waals surface area contributed by atoms with Crippen molar-refractivity contribution in [1.82, 2.24) is 10.6 Å². The first kappa shape index (κ1) is 15.0. The van der Waals surface area contributed by atoms with E-state index in [9.17, 15) is 4.79 Å². The van der Waals surface area contributed by atoms with Gasteiger partial charge in [0.05, 0.1) is 0 Å². The third kappa shape index (κ3) is 3.83. The van der Waals surface area contributed by atoms with Gasteiger partial charge < -0.3 is 10.6 Å². The minimum atomic E-state index is 0.0777. The lowest BCUT2D eigenvalue weighted by Gasteiger charge is -2.22. The first-order valence-electron chi connectivity index (χ1n) is 7.64. The van der Waals surface area contributed by atoms with E-state index in [0.29, 0.717) is 0 Å². The normalized spacial score (nSPS) is 16.1. The van der Waals surface area contributed by atoms with Crippen LogP contribution in [0.3, 0.4) is 0 Å². The molecule has 1 aliphatic rings. The van der Waals surface area contributed by atoms with Gasteiger partial charge in [-0.05, 0) is 70.2 Å². The van der Waals surface area contributed by atoms with Gasteiger partial charge in [0.15, 0.2) is 0 Å². The lowest BCUT2D eigenvalue weighted by Crippen LogP contribution is -2.31. The smallest absolute Gasteiger partial charge is 0.251 e. The predicted molar refractivity (Wildman–Crippen MR) is 83.2 cm³/mol. The Balaban J connectivity index is 1.88. The summed E-state index contributed by atoms with van der Waals surface area (Å²) in [5, 5.41) is 6.46. The van der Waals surface area contributed by atoms with Crippen molar-refractivity contribution >= 4 is 5.91 Å². The molecule has 1 saturated heterocycles. The number of hydrogen-bond donors (Lipinski definition) is 2. The summed E-state index contributed by atoms with van der Waals surface area (Å²) in [5.41, 5.74) is 4.20. The number of rotatable bonds is 4. The number of amides is 1. The summed E-state index contributed by atoms with van der Waals surface area (Å²) in [6, 6.07) is 4.16. The van der Waals surface area contributed by atoms with E-state index in [2.05, 4.69) is 29.7 Å². The fourth-order valence-corrected chi connectivity index (χ4v) is 3.19. The number of carbonyl (C=O) groups is 1. The van der Waals surface area contributed by atoms with Crippen LogP contribution < -0.4 is 10.6 Å². The molecule has 2 N–H and O–H groups in total. The molecule has 0 aliphatic carbocycles. The van der Waals surface area contributed by atoms with Gasteiger partial charge in [-0.1, -0.05) is 17.7 Å². The molecule has 1 aliphatic heterocycles. The van der Waals surface area contributed by atoms with Crippen molar-refractivity contribution in [2.45, 2.75) is 40.0 Å². The molecular formula is C17H26N2O. The highest BCUT2D eigenvalue weighted by Crippen LogP contribution is 2.17. The van der Waals surface area contributed by atoms with Crippen molar-refractivity contribution in [2.75, 3.05) is 19.6 Å². The summed E-state index contributed by atoms with van der Waals surface area (Å²) < 4.78 is 0. The summed E-state index contributed by atoms with van der Waals surface area (Å²) in [6.07, 6.45) is 3.56. The molecule has 0 bridgehead atoms. The standard InChI is InChI=1S/C17H26N2O/c1-12-10-13(2)16(14(3)11-12)17(20)19-9-6-15-4-7-18-8-5-15/h10-11,15,18H,4-9H2,1-3H3,(H,19,20). The average molecular weight is 274 g/mol. The summed E-state index contributed by atoms with van der Waals surface area (Å²) in [6.45, 7) is 9.13. The molecular weight excluding hydrogens is 248 g/mol. The molecule has 20 heavy (non-hydrogen) atoms. The first-order chi connectivity index (χ1) is 9.58. The molecule has 0 spiro atoms. The van der Waals surface area contributed by atoms with Crippen molar-refractivity contribution in [3.05, 3.63) is 34.4 Å². The van der Waals surface area contributed by atoms with Crippen LogP contribution in [0.2, 0.25) is 0 Å². The molecule has 1 heterocycles. The van der Waals surface area contributed by atoms with Crippen molar-refractivity contribution < 1.29 is 4.79 Å². The molecule has 1 amide bonds. The minimum absolute atomic E-state index is 0.0777. The van der Waals surface area contributed by atoms with Crippen molar-refractivity contribution in [3.63, 3.8) is 0 Å². The van der Waals surface area contributed by atoms with Crippen LogP contribution in [0.5, 0.6) is 0 Å².